The predicted octanol–water partition coefficient (Wildman–Crippen LogP) is 0.938. The lowest BCUT2D eigenvalue weighted by molar-refractivity contribution is -0.134. The molecule has 1 fully saturated rings. The zero-order valence-corrected chi connectivity index (χ0v) is 21.5. The SMILES string of the molecule is CN(C)CCNC(=O)N1CCC(C(C(N)=O)(c2ccccc2)c2ccccc2)C1.O.O=C(O)/C=C/C(=O)O. The zero-order chi connectivity index (χ0) is 27.4. The number of amides is 3. The van der Waals surface area contributed by atoms with Crippen LogP contribution < -0.4 is 11.1 Å². The van der Waals surface area contributed by atoms with Gasteiger partial charge >= 0.3 is 18.0 Å². The maximum atomic E-state index is 13.0. The summed E-state index contributed by atoms with van der Waals surface area (Å²) in [5.74, 6) is -2.99. The van der Waals surface area contributed by atoms with E-state index >= 15 is 0 Å². The van der Waals surface area contributed by atoms with Crippen molar-refractivity contribution in [2.24, 2.45) is 11.7 Å². The topological polar surface area (TPSA) is 185 Å². The van der Waals surface area contributed by atoms with Gasteiger partial charge in [-0.3, -0.25) is 4.79 Å². The first-order valence-electron chi connectivity index (χ1n) is 11.8. The van der Waals surface area contributed by atoms with Crippen molar-refractivity contribution >= 4 is 23.9 Å². The summed E-state index contributed by atoms with van der Waals surface area (Å²) in [5.41, 5.74) is 6.86. The van der Waals surface area contributed by atoms with Crippen LogP contribution in [0.2, 0.25) is 0 Å². The summed E-state index contributed by atoms with van der Waals surface area (Å²) in [4.78, 5) is 48.6. The number of likely N-dealkylation sites (tertiary alicyclic amines) is 1. The van der Waals surface area contributed by atoms with Crippen molar-refractivity contribution in [3.63, 3.8) is 0 Å². The lowest BCUT2D eigenvalue weighted by Crippen LogP contribution is -2.50. The van der Waals surface area contributed by atoms with E-state index in [1.54, 1.807) is 4.90 Å². The molecule has 38 heavy (non-hydrogen) atoms. The van der Waals surface area contributed by atoms with Crippen LogP contribution in [0.3, 0.4) is 0 Å². The number of carbonyl (C=O) groups is 4. The van der Waals surface area contributed by atoms with Crippen LogP contribution in [0.4, 0.5) is 4.79 Å². The van der Waals surface area contributed by atoms with Crippen molar-refractivity contribution < 1.29 is 34.9 Å². The summed E-state index contributed by atoms with van der Waals surface area (Å²) in [6.45, 7) is 2.46. The second-order valence-corrected chi connectivity index (χ2v) is 8.88. The van der Waals surface area contributed by atoms with Gasteiger partial charge < -0.3 is 36.5 Å². The number of primary amides is 1. The Morgan fingerprint density at radius 2 is 1.45 bits per heavy atom. The van der Waals surface area contributed by atoms with Gasteiger partial charge in [-0.25, -0.2) is 14.4 Å². The number of nitrogens with two attached hydrogens (primary N) is 1. The molecule has 0 aromatic heterocycles. The highest BCUT2D eigenvalue weighted by molar-refractivity contribution is 5.91. The van der Waals surface area contributed by atoms with Crippen molar-refractivity contribution in [2.45, 2.75) is 11.8 Å². The van der Waals surface area contributed by atoms with Gasteiger partial charge in [0.2, 0.25) is 5.91 Å². The monoisotopic (exact) mass is 528 g/mol. The Morgan fingerprint density at radius 3 is 1.84 bits per heavy atom. The quantitative estimate of drug-likeness (QED) is 0.349. The summed E-state index contributed by atoms with van der Waals surface area (Å²) in [5, 5.41) is 18.6. The van der Waals surface area contributed by atoms with E-state index in [1.807, 2.05) is 79.7 Å². The molecule has 0 saturated carbocycles. The van der Waals surface area contributed by atoms with Gasteiger partial charge in [0.15, 0.2) is 0 Å². The molecular weight excluding hydrogens is 492 g/mol. The summed E-state index contributed by atoms with van der Waals surface area (Å²) < 4.78 is 0. The Balaban J connectivity index is 0.000000699. The highest BCUT2D eigenvalue weighted by atomic mass is 16.4. The maximum Gasteiger partial charge on any atom is 0.328 e. The van der Waals surface area contributed by atoms with Gasteiger partial charge in [-0.2, -0.15) is 0 Å². The van der Waals surface area contributed by atoms with E-state index < -0.39 is 17.4 Å². The predicted molar refractivity (Wildman–Crippen MR) is 143 cm³/mol. The molecule has 1 heterocycles. The minimum absolute atomic E-state index is 0. The number of urea groups is 1. The van der Waals surface area contributed by atoms with Crippen molar-refractivity contribution in [2.75, 3.05) is 40.3 Å². The third-order valence-corrected chi connectivity index (χ3v) is 6.14. The Kier molecular flexibility index (Phi) is 12.7. The highest BCUT2D eigenvalue weighted by Gasteiger charge is 2.50. The van der Waals surface area contributed by atoms with E-state index in [9.17, 15) is 19.2 Å². The largest absolute Gasteiger partial charge is 0.478 e. The number of carboxylic acids is 2. The van der Waals surface area contributed by atoms with E-state index in [0.717, 1.165) is 17.7 Å². The smallest absolute Gasteiger partial charge is 0.328 e. The van der Waals surface area contributed by atoms with Crippen LogP contribution in [0.15, 0.2) is 72.8 Å². The summed E-state index contributed by atoms with van der Waals surface area (Å²) in [7, 11) is 3.94. The number of carbonyl (C=O) groups excluding carboxylic acids is 2. The molecule has 3 amide bonds. The Labute approximate surface area is 221 Å². The molecule has 1 atom stereocenters. The van der Waals surface area contributed by atoms with Gasteiger partial charge in [-0.1, -0.05) is 60.7 Å². The second kappa shape index (κ2) is 15.1. The standard InChI is InChI=1S/C23H30N4O2.C4H4O4.H2O/c1-26(2)16-14-25-22(29)27-15-13-20(17-27)23(21(24)28,18-9-5-3-6-10-18)19-11-7-4-8-12-19;5-3(6)1-2-4(7)8;/h3-12,20H,13-17H2,1-2H3,(H2,24,28)(H,25,29);1-2H,(H,5,6)(H,7,8);1H2/b;2-1+;. The molecule has 3 rings (SSSR count). The number of nitrogens with zero attached hydrogens (tertiary/aromatic N) is 2. The second-order valence-electron chi connectivity index (χ2n) is 8.88. The number of likely N-dealkylation sites (N-methyl/N-ethyl adjacent to an activating group) is 1. The molecule has 7 N–H and O–H groups in total. The fourth-order valence-electron chi connectivity index (χ4n) is 4.46. The molecular formula is C27H36N4O7. The normalized spacial score (nSPS) is 14.8. The molecule has 1 saturated heterocycles. The van der Waals surface area contributed by atoms with E-state index in [4.69, 9.17) is 15.9 Å². The summed E-state index contributed by atoms with van der Waals surface area (Å²) in [6, 6.07) is 19.3. The number of benzene rings is 2. The van der Waals surface area contributed by atoms with Crippen LogP contribution in [-0.2, 0) is 19.8 Å². The fraction of sp³-hybridized carbons (Fsp3) is 0.333. The molecule has 0 spiro atoms. The van der Waals surface area contributed by atoms with E-state index in [0.29, 0.717) is 38.2 Å². The summed E-state index contributed by atoms with van der Waals surface area (Å²) >= 11 is 0. The summed E-state index contributed by atoms with van der Waals surface area (Å²) in [6.07, 6.45) is 1.83. The van der Waals surface area contributed by atoms with Gasteiger partial charge in [0.1, 0.15) is 5.41 Å². The third kappa shape index (κ3) is 8.43. The van der Waals surface area contributed by atoms with Gasteiger partial charge in [0.25, 0.3) is 0 Å². The lowest BCUT2D eigenvalue weighted by atomic mass is 9.64. The minimum Gasteiger partial charge on any atom is -0.478 e. The molecule has 11 heteroatoms. The Hall–Kier alpha value is -4.22. The van der Waals surface area contributed by atoms with Crippen molar-refractivity contribution in [3.05, 3.63) is 83.9 Å². The van der Waals surface area contributed by atoms with E-state index in [2.05, 4.69) is 5.32 Å². The van der Waals surface area contributed by atoms with Crippen LogP contribution in [0.5, 0.6) is 0 Å². The average Bonchev–Trinajstić information content (AvgIpc) is 3.35. The van der Waals surface area contributed by atoms with Crippen LogP contribution >= 0.6 is 0 Å². The molecule has 0 aliphatic carbocycles. The number of hydrogen-bond acceptors (Lipinski definition) is 5. The lowest BCUT2D eigenvalue weighted by Gasteiger charge is -2.37. The van der Waals surface area contributed by atoms with Gasteiger partial charge in [0, 0.05) is 44.2 Å². The van der Waals surface area contributed by atoms with Gasteiger partial charge in [-0.15, -0.1) is 0 Å². The first-order chi connectivity index (χ1) is 17.6. The van der Waals surface area contributed by atoms with Crippen molar-refractivity contribution in [1.82, 2.24) is 15.1 Å². The zero-order valence-electron chi connectivity index (χ0n) is 21.5. The molecule has 1 aliphatic rings. The Bertz CT molecular complexity index is 1040. The molecule has 1 unspecified atom stereocenters. The minimum atomic E-state index is -1.26. The van der Waals surface area contributed by atoms with Gasteiger partial charge in [0.05, 0.1) is 0 Å². The molecule has 2 aromatic carbocycles. The maximum absolute atomic E-state index is 13.0. The van der Waals surface area contributed by atoms with Crippen LogP contribution in [0, 0.1) is 5.92 Å². The van der Waals surface area contributed by atoms with Gasteiger partial charge in [-0.05, 0) is 31.6 Å². The molecule has 1 aliphatic heterocycles. The first-order valence-corrected chi connectivity index (χ1v) is 11.8. The molecule has 206 valence electrons. The van der Waals surface area contributed by atoms with E-state index in [-0.39, 0.29) is 23.3 Å². The highest BCUT2D eigenvalue weighted by Crippen LogP contribution is 2.43. The van der Waals surface area contributed by atoms with E-state index in [1.165, 1.54) is 0 Å². The average molecular weight is 529 g/mol. The number of rotatable bonds is 9. The van der Waals surface area contributed by atoms with Crippen LogP contribution in [0.25, 0.3) is 0 Å². The van der Waals surface area contributed by atoms with Crippen molar-refractivity contribution in [1.29, 1.82) is 0 Å². The number of hydrogen-bond donors (Lipinski definition) is 4. The van der Waals surface area contributed by atoms with Crippen LogP contribution in [-0.4, -0.2) is 89.6 Å². The molecule has 11 nitrogen and oxygen atoms in total. The molecule has 2 aromatic rings. The molecule has 0 bridgehead atoms. The van der Waals surface area contributed by atoms with Crippen molar-refractivity contribution in [3.8, 4) is 0 Å². The number of carboxylic acid groups (broad SMARTS) is 2. The molecule has 0 radical (unpaired) electrons. The number of nitrogens with one attached hydrogen (secondary N) is 1. The number of aliphatic carboxylic acids is 2. The fourth-order valence-corrected chi connectivity index (χ4v) is 4.46. The van der Waals surface area contributed by atoms with Crippen LogP contribution in [0.1, 0.15) is 17.5 Å². The first kappa shape index (κ1) is 31.8. The Morgan fingerprint density at radius 1 is 0.974 bits per heavy atom. The third-order valence-electron chi connectivity index (χ3n) is 6.14.